The molecule has 0 saturated carbocycles. The van der Waals surface area contributed by atoms with Crippen molar-refractivity contribution < 1.29 is 4.43 Å². The predicted molar refractivity (Wildman–Crippen MR) is 131 cm³/mol. The molecule has 1 atom stereocenters. The van der Waals surface area contributed by atoms with Gasteiger partial charge in [0.1, 0.15) is 0 Å². The Morgan fingerprint density at radius 3 is 1.83 bits per heavy atom. The highest BCUT2D eigenvalue weighted by molar-refractivity contribution is 6.99. The van der Waals surface area contributed by atoms with Crippen LogP contribution in [0.2, 0.25) is 5.04 Å². The standard InChI is InChI=1S/C27H33NOSi/c1-6-26(22(2)21-23-17-19-28-20-18-23)29-30(27(3,4)5,24-13-9-7-10-14-24)25-15-11-8-12-16-25/h7-21,26H,6H2,1-5H3. The highest BCUT2D eigenvalue weighted by atomic mass is 28.4. The fourth-order valence-electron chi connectivity index (χ4n) is 4.22. The molecule has 0 saturated heterocycles. The smallest absolute Gasteiger partial charge is 0.261 e. The maximum absolute atomic E-state index is 7.31. The van der Waals surface area contributed by atoms with Crippen LogP contribution in [-0.2, 0) is 4.43 Å². The number of hydrogen-bond acceptors (Lipinski definition) is 2. The number of nitrogens with zero attached hydrogens (tertiary/aromatic N) is 1. The van der Waals surface area contributed by atoms with Crippen LogP contribution in [0.15, 0.2) is 90.8 Å². The summed E-state index contributed by atoms with van der Waals surface area (Å²) in [6, 6.07) is 25.8. The van der Waals surface area contributed by atoms with Crippen LogP contribution in [0.3, 0.4) is 0 Å². The molecule has 156 valence electrons. The molecule has 3 heteroatoms. The van der Waals surface area contributed by atoms with Gasteiger partial charge in [0.05, 0.1) is 6.10 Å². The molecule has 0 amide bonds. The minimum Gasteiger partial charge on any atom is -0.401 e. The second-order valence-electron chi connectivity index (χ2n) is 8.85. The van der Waals surface area contributed by atoms with Crippen LogP contribution in [-0.4, -0.2) is 19.4 Å². The Balaban J connectivity index is 2.13. The topological polar surface area (TPSA) is 22.1 Å². The lowest BCUT2D eigenvalue weighted by Gasteiger charge is -2.45. The molecule has 1 unspecified atom stereocenters. The zero-order valence-electron chi connectivity index (χ0n) is 18.8. The third-order valence-electron chi connectivity index (χ3n) is 5.71. The lowest BCUT2D eigenvalue weighted by atomic mass is 10.1. The van der Waals surface area contributed by atoms with Gasteiger partial charge in [0.25, 0.3) is 8.32 Å². The van der Waals surface area contributed by atoms with Gasteiger partial charge in [-0.3, -0.25) is 4.98 Å². The lowest BCUT2D eigenvalue weighted by molar-refractivity contribution is 0.218. The lowest BCUT2D eigenvalue weighted by Crippen LogP contribution is -2.67. The molecule has 2 aromatic carbocycles. The Morgan fingerprint density at radius 1 is 0.900 bits per heavy atom. The van der Waals surface area contributed by atoms with E-state index in [0.29, 0.717) is 0 Å². The van der Waals surface area contributed by atoms with E-state index in [-0.39, 0.29) is 11.1 Å². The summed E-state index contributed by atoms with van der Waals surface area (Å²) in [6.07, 6.45) is 6.88. The summed E-state index contributed by atoms with van der Waals surface area (Å²) in [5.41, 5.74) is 2.41. The van der Waals surface area contributed by atoms with Crippen LogP contribution in [0.25, 0.3) is 6.08 Å². The van der Waals surface area contributed by atoms with E-state index in [1.807, 2.05) is 24.5 Å². The van der Waals surface area contributed by atoms with Gasteiger partial charge in [-0.25, -0.2) is 0 Å². The second kappa shape index (κ2) is 9.54. The summed E-state index contributed by atoms with van der Waals surface area (Å²) in [4.78, 5) is 4.14. The Kier molecular flexibility index (Phi) is 7.06. The molecule has 1 heterocycles. The van der Waals surface area contributed by atoms with Crippen molar-refractivity contribution in [3.8, 4) is 0 Å². The van der Waals surface area contributed by atoms with E-state index in [1.54, 1.807) is 0 Å². The van der Waals surface area contributed by atoms with Crippen LogP contribution in [0.1, 0.15) is 46.6 Å². The van der Waals surface area contributed by atoms with Gasteiger partial charge >= 0.3 is 0 Å². The fraction of sp³-hybridized carbons (Fsp3) is 0.296. The van der Waals surface area contributed by atoms with Crippen LogP contribution < -0.4 is 10.4 Å². The first-order valence-corrected chi connectivity index (χ1v) is 12.7. The van der Waals surface area contributed by atoms with Gasteiger partial charge < -0.3 is 4.43 Å². The molecule has 1 aromatic heterocycles. The molecule has 0 bridgehead atoms. The molecule has 3 aromatic rings. The van der Waals surface area contributed by atoms with Gasteiger partial charge in [-0.1, -0.05) is 94.4 Å². The third kappa shape index (κ3) is 4.63. The van der Waals surface area contributed by atoms with Crippen LogP contribution >= 0.6 is 0 Å². The number of benzene rings is 2. The maximum atomic E-state index is 7.31. The molecular formula is C27H33NOSi. The zero-order valence-corrected chi connectivity index (χ0v) is 19.8. The van der Waals surface area contributed by atoms with Gasteiger partial charge in [-0.05, 0) is 52.0 Å². The number of pyridine rings is 1. The molecule has 30 heavy (non-hydrogen) atoms. The summed E-state index contributed by atoms with van der Waals surface area (Å²) >= 11 is 0. The first-order chi connectivity index (χ1) is 14.4. The normalized spacial score (nSPS) is 13.8. The molecule has 0 aliphatic rings. The number of hydrogen-bond donors (Lipinski definition) is 0. The minimum atomic E-state index is -2.57. The highest BCUT2D eigenvalue weighted by Gasteiger charge is 2.51. The van der Waals surface area contributed by atoms with Gasteiger partial charge in [0.2, 0.25) is 0 Å². The summed E-state index contributed by atoms with van der Waals surface area (Å²) in [7, 11) is -2.57. The van der Waals surface area contributed by atoms with Crippen molar-refractivity contribution in [2.75, 3.05) is 0 Å². The molecular weight excluding hydrogens is 382 g/mol. The molecule has 0 N–H and O–H groups in total. The van der Waals surface area contributed by atoms with E-state index < -0.39 is 8.32 Å². The fourth-order valence-corrected chi connectivity index (χ4v) is 9.01. The Labute approximate surface area is 182 Å². The third-order valence-corrected chi connectivity index (χ3v) is 10.8. The summed E-state index contributed by atoms with van der Waals surface area (Å²) in [5, 5.41) is 2.61. The minimum absolute atomic E-state index is 0.0277. The Hall–Kier alpha value is -2.49. The predicted octanol–water partition coefficient (Wildman–Crippen LogP) is 5.84. The molecule has 0 radical (unpaired) electrons. The van der Waals surface area contributed by atoms with Crippen molar-refractivity contribution in [3.05, 3.63) is 96.3 Å². The zero-order chi connectivity index (χ0) is 21.6. The van der Waals surface area contributed by atoms with Crippen LogP contribution in [0, 0.1) is 0 Å². The Morgan fingerprint density at radius 2 is 1.40 bits per heavy atom. The average molecular weight is 416 g/mol. The van der Waals surface area contributed by atoms with Crippen molar-refractivity contribution in [2.45, 2.75) is 52.2 Å². The van der Waals surface area contributed by atoms with E-state index in [9.17, 15) is 0 Å². The average Bonchev–Trinajstić information content (AvgIpc) is 2.75. The quantitative estimate of drug-likeness (QED) is 0.452. The van der Waals surface area contributed by atoms with Gasteiger partial charge in [-0.15, -0.1) is 0 Å². The van der Waals surface area contributed by atoms with E-state index in [0.717, 1.165) is 12.0 Å². The molecule has 0 aliphatic heterocycles. The van der Waals surface area contributed by atoms with Crippen LogP contribution in [0.4, 0.5) is 0 Å². The van der Waals surface area contributed by atoms with Crippen molar-refractivity contribution in [1.82, 2.24) is 4.98 Å². The molecule has 0 aliphatic carbocycles. The SMILES string of the molecule is CCC(O[Si](c1ccccc1)(c1ccccc1)C(C)(C)C)C(C)=Cc1ccncc1. The monoisotopic (exact) mass is 415 g/mol. The maximum Gasteiger partial charge on any atom is 0.261 e. The van der Waals surface area contributed by atoms with E-state index in [2.05, 4.69) is 106 Å². The molecule has 3 rings (SSSR count). The van der Waals surface area contributed by atoms with E-state index in [4.69, 9.17) is 4.43 Å². The molecule has 0 fully saturated rings. The van der Waals surface area contributed by atoms with Crippen molar-refractivity contribution in [2.24, 2.45) is 0 Å². The van der Waals surface area contributed by atoms with Crippen molar-refractivity contribution >= 4 is 24.8 Å². The first kappa shape index (κ1) is 22.2. The number of rotatable bonds is 7. The Bertz CT molecular complexity index is 907. The van der Waals surface area contributed by atoms with Gasteiger partial charge in [0.15, 0.2) is 0 Å². The van der Waals surface area contributed by atoms with Gasteiger partial charge in [-0.2, -0.15) is 0 Å². The van der Waals surface area contributed by atoms with Gasteiger partial charge in [0, 0.05) is 12.4 Å². The summed E-state index contributed by atoms with van der Waals surface area (Å²) in [6.45, 7) is 11.4. The summed E-state index contributed by atoms with van der Waals surface area (Å²) < 4.78 is 7.31. The highest BCUT2D eigenvalue weighted by Crippen LogP contribution is 2.38. The van der Waals surface area contributed by atoms with E-state index in [1.165, 1.54) is 15.9 Å². The molecule has 0 spiro atoms. The largest absolute Gasteiger partial charge is 0.401 e. The van der Waals surface area contributed by atoms with Crippen LogP contribution in [0.5, 0.6) is 0 Å². The van der Waals surface area contributed by atoms with Crippen molar-refractivity contribution in [1.29, 1.82) is 0 Å². The first-order valence-electron chi connectivity index (χ1n) is 10.8. The molecule has 2 nitrogen and oxygen atoms in total. The van der Waals surface area contributed by atoms with E-state index >= 15 is 0 Å². The second-order valence-corrected chi connectivity index (χ2v) is 13.1. The van der Waals surface area contributed by atoms with Crippen molar-refractivity contribution in [3.63, 3.8) is 0 Å². The number of aromatic nitrogens is 1. The summed E-state index contributed by atoms with van der Waals surface area (Å²) in [5.74, 6) is 0.